The molecule has 1 N–H and O–H groups in total. The van der Waals surface area contributed by atoms with Gasteiger partial charge in [-0.3, -0.25) is 4.79 Å². The molecule has 2 aromatic heterocycles. The topological polar surface area (TPSA) is 73.6 Å². The zero-order valence-electron chi connectivity index (χ0n) is 13.0. The highest BCUT2D eigenvalue weighted by Gasteiger charge is 2.14. The molecule has 0 spiro atoms. The number of carbonyl (C=O) groups excluding carboxylic acids is 1. The fraction of sp³-hybridized carbons (Fsp3) is 0.176. The molecular formula is C17H16N2O4. The van der Waals surface area contributed by atoms with Gasteiger partial charge in [-0.15, -0.1) is 0 Å². The number of ether oxygens (including phenoxy) is 2. The van der Waals surface area contributed by atoms with Crippen LogP contribution in [0.5, 0.6) is 11.5 Å². The Morgan fingerprint density at radius 1 is 1.09 bits per heavy atom. The molecule has 0 atom stereocenters. The van der Waals surface area contributed by atoms with Gasteiger partial charge in [0.05, 0.1) is 14.2 Å². The summed E-state index contributed by atoms with van der Waals surface area (Å²) in [6.07, 6.45) is 0. The van der Waals surface area contributed by atoms with Gasteiger partial charge in [-0.05, 0) is 31.2 Å². The fourth-order valence-corrected chi connectivity index (χ4v) is 2.24. The van der Waals surface area contributed by atoms with Crippen molar-refractivity contribution in [1.82, 2.24) is 4.98 Å². The van der Waals surface area contributed by atoms with Crippen molar-refractivity contribution in [3.8, 4) is 11.5 Å². The van der Waals surface area contributed by atoms with Crippen molar-refractivity contribution < 1.29 is 18.7 Å². The van der Waals surface area contributed by atoms with Crippen LogP contribution in [-0.2, 0) is 0 Å². The van der Waals surface area contributed by atoms with Gasteiger partial charge in [-0.25, -0.2) is 4.98 Å². The molecule has 0 aliphatic rings. The molecule has 1 amide bonds. The van der Waals surface area contributed by atoms with Crippen LogP contribution in [0, 0.1) is 6.92 Å². The minimum atomic E-state index is -0.354. The Labute approximate surface area is 133 Å². The predicted octanol–water partition coefficient (Wildman–Crippen LogP) is 3.41. The summed E-state index contributed by atoms with van der Waals surface area (Å²) in [5.74, 6) is 0.974. The number of benzene rings is 1. The maximum atomic E-state index is 12.3. The number of hydrogen-bond donors (Lipinski definition) is 1. The number of nitrogens with one attached hydrogen (secondary N) is 1. The average Bonchev–Trinajstić information content (AvgIpc) is 2.97. The molecular weight excluding hydrogens is 296 g/mol. The van der Waals surface area contributed by atoms with E-state index in [2.05, 4.69) is 10.3 Å². The van der Waals surface area contributed by atoms with Gasteiger partial charge >= 0.3 is 0 Å². The monoisotopic (exact) mass is 312 g/mol. The Bertz CT molecular complexity index is 870. The summed E-state index contributed by atoms with van der Waals surface area (Å²) in [5, 5.41) is 2.76. The Morgan fingerprint density at radius 3 is 2.61 bits per heavy atom. The summed E-state index contributed by atoms with van der Waals surface area (Å²) < 4.78 is 15.9. The summed E-state index contributed by atoms with van der Waals surface area (Å²) in [6, 6.07) is 10.4. The fourth-order valence-electron chi connectivity index (χ4n) is 2.24. The van der Waals surface area contributed by atoms with Crippen LogP contribution in [0.2, 0.25) is 0 Å². The zero-order valence-corrected chi connectivity index (χ0v) is 13.0. The number of aromatic nitrogens is 1. The zero-order chi connectivity index (χ0) is 16.4. The average molecular weight is 312 g/mol. The third kappa shape index (κ3) is 2.96. The summed E-state index contributed by atoms with van der Waals surface area (Å²) in [4.78, 5) is 16.6. The highest BCUT2D eigenvalue weighted by atomic mass is 16.5. The highest BCUT2D eigenvalue weighted by Crippen LogP contribution is 2.30. The number of rotatable bonds is 4. The largest absolute Gasteiger partial charge is 0.493 e. The smallest absolute Gasteiger partial charge is 0.291 e. The molecule has 0 radical (unpaired) electrons. The van der Waals surface area contributed by atoms with E-state index < -0.39 is 0 Å². The first kappa shape index (κ1) is 14.9. The first-order valence-electron chi connectivity index (χ1n) is 7.01. The van der Waals surface area contributed by atoms with E-state index in [0.29, 0.717) is 28.3 Å². The summed E-state index contributed by atoms with van der Waals surface area (Å²) >= 11 is 0. The van der Waals surface area contributed by atoms with Gasteiger partial charge in [0.1, 0.15) is 5.52 Å². The Kier molecular flexibility index (Phi) is 3.89. The van der Waals surface area contributed by atoms with Crippen LogP contribution >= 0.6 is 0 Å². The van der Waals surface area contributed by atoms with Crippen LogP contribution in [-0.4, -0.2) is 25.1 Å². The van der Waals surface area contributed by atoms with E-state index >= 15 is 0 Å². The third-order valence-corrected chi connectivity index (χ3v) is 3.38. The lowest BCUT2D eigenvalue weighted by Gasteiger charge is -2.09. The highest BCUT2D eigenvalue weighted by molar-refractivity contribution is 6.04. The molecule has 2 heterocycles. The molecule has 0 saturated carbocycles. The number of aryl methyl sites for hydroxylation is 1. The second-order valence-corrected chi connectivity index (χ2v) is 4.97. The number of fused-ring (bicyclic) bond motifs is 1. The second-order valence-electron chi connectivity index (χ2n) is 4.97. The van der Waals surface area contributed by atoms with Crippen LogP contribution in [0.25, 0.3) is 11.1 Å². The molecule has 0 aliphatic carbocycles. The van der Waals surface area contributed by atoms with Crippen LogP contribution < -0.4 is 14.8 Å². The number of methoxy groups -OCH3 is 2. The normalized spacial score (nSPS) is 10.6. The Hall–Kier alpha value is -3.02. The first-order chi connectivity index (χ1) is 11.1. The van der Waals surface area contributed by atoms with E-state index in [4.69, 9.17) is 13.9 Å². The lowest BCUT2D eigenvalue weighted by molar-refractivity contribution is 0.0998. The number of furan rings is 1. The molecule has 0 bridgehead atoms. The van der Waals surface area contributed by atoms with Crippen molar-refractivity contribution in [2.75, 3.05) is 19.5 Å². The number of hydrogen-bond acceptors (Lipinski definition) is 5. The molecule has 23 heavy (non-hydrogen) atoms. The second kappa shape index (κ2) is 6.00. The Morgan fingerprint density at radius 2 is 1.87 bits per heavy atom. The van der Waals surface area contributed by atoms with E-state index in [1.54, 1.807) is 37.4 Å². The maximum absolute atomic E-state index is 12.3. The van der Waals surface area contributed by atoms with Gasteiger partial charge < -0.3 is 19.2 Å². The number of nitrogens with zero attached hydrogens (tertiary/aromatic N) is 1. The molecule has 3 aromatic rings. The predicted molar refractivity (Wildman–Crippen MR) is 86.2 cm³/mol. The number of amides is 1. The number of carbonyl (C=O) groups is 1. The van der Waals surface area contributed by atoms with E-state index in [1.165, 1.54) is 7.11 Å². The number of anilines is 1. The molecule has 0 saturated heterocycles. The quantitative estimate of drug-likeness (QED) is 0.799. The molecule has 1 aromatic carbocycles. The van der Waals surface area contributed by atoms with Crippen LogP contribution in [0.1, 0.15) is 16.2 Å². The van der Waals surface area contributed by atoms with Crippen molar-refractivity contribution in [3.05, 3.63) is 47.9 Å². The van der Waals surface area contributed by atoms with Crippen molar-refractivity contribution in [3.63, 3.8) is 0 Å². The summed E-state index contributed by atoms with van der Waals surface area (Å²) in [5.41, 5.74) is 2.68. The molecule has 3 rings (SSSR count). The van der Waals surface area contributed by atoms with Crippen LogP contribution in [0.4, 0.5) is 5.69 Å². The molecule has 0 fully saturated rings. The van der Waals surface area contributed by atoms with Crippen molar-refractivity contribution in [1.29, 1.82) is 0 Å². The van der Waals surface area contributed by atoms with Crippen molar-refractivity contribution in [2.24, 2.45) is 0 Å². The summed E-state index contributed by atoms with van der Waals surface area (Å²) in [6.45, 7) is 1.88. The van der Waals surface area contributed by atoms with Gasteiger partial charge in [0.25, 0.3) is 5.91 Å². The van der Waals surface area contributed by atoms with E-state index in [1.807, 2.05) is 13.0 Å². The Balaban J connectivity index is 1.85. The van der Waals surface area contributed by atoms with Crippen LogP contribution in [0.15, 0.2) is 40.8 Å². The van der Waals surface area contributed by atoms with Gasteiger partial charge in [0, 0.05) is 23.5 Å². The van der Waals surface area contributed by atoms with E-state index in [-0.39, 0.29) is 11.7 Å². The van der Waals surface area contributed by atoms with E-state index in [0.717, 1.165) is 5.69 Å². The van der Waals surface area contributed by atoms with Crippen molar-refractivity contribution >= 4 is 22.7 Å². The molecule has 6 nitrogen and oxygen atoms in total. The number of pyridine rings is 1. The first-order valence-corrected chi connectivity index (χ1v) is 7.01. The molecule has 0 aliphatic heterocycles. The van der Waals surface area contributed by atoms with E-state index in [9.17, 15) is 4.79 Å². The third-order valence-electron chi connectivity index (χ3n) is 3.38. The van der Waals surface area contributed by atoms with Gasteiger partial charge in [-0.1, -0.05) is 0 Å². The van der Waals surface area contributed by atoms with Gasteiger partial charge in [0.15, 0.2) is 22.8 Å². The SMILES string of the molecule is COc1ccc(NC(=O)c2cc3nc(C)ccc3o2)cc1OC. The minimum Gasteiger partial charge on any atom is -0.493 e. The minimum absolute atomic E-state index is 0.202. The van der Waals surface area contributed by atoms with Gasteiger partial charge in [0.2, 0.25) is 0 Å². The molecule has 6 heteroatoms. The molecule has 0 unspecified atom stereocenters. The van der Waals surface area contributed by atoms with Gasteiger partial charge in [-0.2, -0.15) is 0 Å². The molecule has 118 valence electrons. The van der Waals surface area contributed by atoms with Crippen LogP contribution in [0.3, 0.4) is 0 Å². The van der Waals surface area contributed by atoms with Crippen molar-refractivity contribution in [2.45, 2.75) is 6.92 Å². The lowest BCUT2D eigenvalue weighted by atomic mass is 10.2. The lowest BCUT2D eigenvalue weighted by Crippen LogP contribution is -2.10. The summed E-state index contributed by atoms with van der Waals surface area (Å²) in [7, 11) is 3.09. The standard InChI is InChI=1S/C17H16N2O4/c1-10-4-6-13-12(18-10)9-16(23-13)17(20)19-11-5-7-14(21-2)15(8-11)22-3/h4-9H,1-3H3,(H,19,20). The maximum Gasteiger partial charge on any atom is 0.291 e.